The fourth-order valence-corrected chi connectivity index (χ4v) is 1.94. The van der Waals surface area contributed by atoms with Crippen molar-refractivity contribution in [2.75, 3.05) is 5.73 Å². The Morgan fingerprint density at radius 1 is 1.19 bits per heavy atom. The summed E-state index contributed by atoms with van der Waals surface area (Å²) < 4.78 is 5.22. The Morgan fingerprint density at radius 2 is 2.10 bits per heavy atom. The van der Waals surface area contributed by atoms with Crippen LogP contribution in [0.25, 0.3) is 23.5 Å². The molecule has 0 saturated carbocycles. The summed E-state index contributed by atoms with van der Waals surface area (Å²) in [7, 11) is 0. The maximum Gasteiger partial charge on any atom is 0.250 e. The number of aromatic nitrogens is 3. The van der Waals surface area contributed by atoms with Gasteiger partial charge in [0.1, 0.15) is 0 Å². The molecule has 0 fully saturated rings. The fourth-order valence-electron chi connectivity index (χ4n) is 1.94. The van der Waals surface area contributed by atoms with Crippen LogP contribution in [0.2, 0.25) is 0 Å². The van der Waals surface area contributed by atoms with Gasteiger partial charge in [-0.1, -0.05) is 17.3 Å². The van der Waals surface area contributed by atoms with Crippen LogP contribution >= 0.6 is 0 Å². The van der Waals surface area contributed by atoms with Crippen molar-refractivity contribution in [1.29, 1.82) is 0 Å². The molecular formula is C16H14N4O. The van der Waals surface area contributed by atoms with Crippen molar-refractivity contribution >= 4 is 17.8 Å². The van der Waals surface area contributed by atoms with Crippen LogP contribution < -0.4 is 5.73 Å². The number of aryl methyl sites for hydroxylation is 1. The van der Waals surface area contributed by atoms with Gasteiger partial charge in [0.15, 0.2) is 0 Å². The predicted octanol–water partition coefficient (Wildman–Crippen LogP) is 3.19. The summed E-state index contributed by atoms with van der Waals surface area (Å²) in [6, 6.07) is 9.48. The molecule has 21 heavy (non-hydrogen) atoms. The summed E-state index contributed by atoms with van der Waals surface area (Å²) in [5.74, 6) is 0.975. The standard InChI is InChI=1S/C16H14N4O/c1-11-7-8-18-10-14(11)16-19-15(21-20-16)6-5-12-3-2-4-13(17)9-12/h2-10H,17H2,1H3/b6-5+. The number of nitrogen functional groups attached to an aromatic ring is 1. The number of nitrogens with zero attached hydrogens (tertiary/aromatic N) is 3. The first-order valence-electron chi connectivity index (χ1n) is 6.51. The molecule has 0 amide bonds. The van der Waals surface area contributed by atoms with E-state index >= 15 is 0 Å². The molecule has 0 radical (unpaired) electrons. The average Bonchev–Trinajstić information content (AvgIpc) is 2.94. The van der Waals surface area contributed by atoms with Gasteiger partial charge < -0.3 is 10.3 Å². The molecule has 5 heteroatoms. The number of rotatable bonds is 3. The highest BCUT2D eigenvalue weighted by Gasteiger charge is 2.09. The number of pyridine rings is 1. The molecule has 0 atom stereocenters. The molecule has 0 saturated heterocycles. The maximum absolute atomic E-state index is 5.73. The molecule has 2 aromatic heterocycles. The van der Waals surface area contributed by atoms with Crippen molar-refractivity contribution in [2.45, 2.75) is 6.92 Å². The third-order valence-corrected chi connectivity index (χ3v) is 3.05. The zero-order valence-electron chi connectivity index (χ0n) is 11.5. The summed E-state index contributed by atoms with van der Waals surface area (Å²) in [5.41, 5.74) is 9.35. The van der Waals surface area contributed by atoms with E-state index in [1.807, 2.05) is 43.3 Å². The van der Waals surface area contributed by atoms with Gasteiger partial charge in [-0.15, -0.1) is 0 Å². The van der Waals surface area contributed by atoms with Gasteiger partial charge >= 0.3 is 0 Å². The fraction of sp³-hybridized carbons (Fsp3) is 0.0625. The van der Waals surface area contributed by atoms with E-state index in [2.05, 4.69) is 15.1 Å². The molecule has 0 aliphatic carbocycles. The van der Waals surface area contributed by atoms with Gasteiger partial charge in [-0.05, 0) is 42.3 Å². The topological polar surface area (TPSA) is 77.8 Å². The molecule has 2 heterocycles. The normalized spacial score (nSPS) is 11.1. The quantitative estimate of drug-likeness (QED) is 0.744. The molecule has 0 unspecified atom stereocenters. The molecule has 0 bridgehead atoms. The first-order chi connectivity index (χ1) is 10.2. The minimum atomic E-state index is 0.440. The number of hydrogen-bond acceptors (Lipinski definition) is 5. The largest absolute Gasteiger partial charge is 0.399 e. The lowest BCUT2D eigenvalue weighted by atomic mass is 10.1. The van der Waals surface area contributed by atoms with Gasteiger partial charge in [0, 0.05) is 29.7 Å². The molecule has 5 nitrogen and oxygen atoms in total. The van der Waals surface area contributed by atoms with Gasteiger partial charge in [0.25, 0.3) is 5.89 Å². The molecule has 1 aromatic carbocycles. The first-order valence-corrected chi connectivity index (χ1v) is 6.51. The van der Waals surface area contributed by atoms with Crippen LogP contribution in [-0.2, 0) is 0 Å². The van der Waals surface area contributed by atoms with Crippen molar-refractivity contribution in [2.24, 2.45) is 0 Å². The van der Waals surface area contributed by atoms with Gasteiger partial charge in [-0.2, -0.15) is 4.98 Å². The Morgan fingerprint density at radius 3 is 2.90 bits per heavy atom. The zero-order valence-corrected chi connectivity index (χ0v) is 11.5. The summed E-state index contributed by atoms with van der Waals surface area (Å²) in [5, 5.41) is 3.98. The smallest absolute Gasteiger partial charge is 0.250 e. The van der Waals surface area contributed by atoms with Crippen LogP contribution in [0, 0.1) is 6.92 Å². The second-order valence-corrected chi connectivity index (χ2v) is 4.65. The minimum Gasteiger partial charge on any atom is -0.399 e. The number of anilines is 1. The van der Waals surface area contributed by atoms with Crippen LogP contribution in [0.5, 0.6) is 0 Å². The third-order valence-electron chi connectivity index (χ3n) is 3.05. The summed E-state index contributed by atoms with van der Waals surface area (Å²) in [6.07, 6.45) is 7.10. The Kier molecular flexibility index (Phi) is 3.47. The first kappa shape index (κ1) is 13.1. The van der Waals surface area contributed by atoms with Crippen molar-refractivity contribution in [3.05, 3.63) is 59.7 Å². The Balaban J connectivity index is 1.84. The maximum atomic E-state index is 5.73. The van der Waals surface area contributed by atoms with Gasteiger partial charge in [-0.3, -0.25) is 4.98 Å². The van der Waals surface area contributed by atoms with Crippen molar-refractivity contribution < 1.29 is 4.52 Å². The second kappa shape index (κ2) is 5.58. The molecule has 0 spiro atoms. The molecule has 0 aliphatic rings. The summed E-state index contributed by atoms with van der Waals surface area (Å²) in [4.78, 5) is 8.42. The van der Waals surface area contributed by atoms with E-state index in [9.17, 15) is 0 Å². The lowest BCUT2D eigenvalue weighted by Gasteiger charge is -1.97. The molecule has 104 valence electrons. The van der Waals surface area contributed by atoms with E-state index in [0.29, 0.717) is 17.4 Å². The van der Waals surface area contributed by atoms with E-state index in [0.717, 1.165) is 16.7 Å². The highest BCUT2D eigenvalue weighted by atomic mass is 16.5. The van der Waals surface area contributed by atoms with Gasteiger partial charge in [0.05, 0.1) is 0 Å². The van der Waals surface area contributed by atoms with E-state index in [4.69, 9.17) is 10.3 Å². The SMILES string of the molecule is Cc1ccncc1-c1noc(/C=C/c2cccc(N)c2)n1. The lowest BCUT2D eigenvalue weighted by molar-refractivity contribution is 0.411. The molecule has 0 aliphatic heterocycles. The predicted molar refractivity (Wildman–Crippen MR) is 82.0 cm³/mol. The second-order valence-electron chi connectivity index (χ2n) is 4.65. The van der Waals surface area contributed by atoms with Crippen LogP contribution in [0.4, 0.5) is 5.69 Å². The van der Waals surface area contributed by atoms with Crippen LogP contribution in [0.3, 0.4) is 0 Å². The van der Waals surface area contributed by atoms with Gasteiger partial charge in [-0.25, -0.2) is 0 Å². The molecule has 2 N–H and O–H groups in total. The van der Waals surface area contributed by atoms with Gasteiger partial charge in [0.2, 0.25) is 5.82 Å². The lowest BCUT2D eigenvalue weighted by Crippen LogP contribution is -1.86. The average molecular weight is 278 g/mol. The Labute approximate surface area is 122 Å². The number of nitrogens with two attached hydrogens (primary N) is 1. The highest BCUT2D eigenvalue weighted by molar-refractivity contribution is 5.68. The number of benzene rings is 1. The monoisotopic (exact) mass is 278 g/mol. The summed E-state index contributed by atoms with van der Waals surface area (Å²) >= 11 is 0. The Hall–Kier alpha value is -2.95. The molecule has 3 aromatic rings. The molecular weight excluding hydrogens is 264 g/mol. The zero-order chi connectivity index (χ0) is 14.7. The third kappa shape index (κ3) is 2.97. The minimum absolute atomic E-state index is 0.440. The van der Waals surface area contributed by atoms with Crippen molar-refractivity contribution in [3.8, 4) is 11.4 Å². The van der Waals surface area contributed by atoms with E-state index in [-0.39, 0.29) is 0 Å². The van der Waals surface area contributed by atoms with E-state index in [1.54, 1.807) is 18.5 Å². The van der Waals surface area contributed by atoms with E-state index < -0.39 is 0 Å². The summed E-state index contributed by atoms with van der Waals surface area (Å²) in [6.45, 7) is 1.98. The number of hydrogen-bond donors (Lipinski definition) is 1. The van der Waals surface area contributed by atoms with E-state index in [1.165, 1.54) is 0 Å². The van der Waals surface area contributed by atoms with Crippen LogP contribution in [0.1, 0.15) is 17.0 Å². The van der Waals surface area contributed by atoms with Crippen molar-refractivity contribution in [1.82, 2.24) is 15.1 Å². The van der Waals surface area contributed by atoms with Crippen LogP contribution in [0.15, 0.2) is 47.2 Å². The van der Waals surface area contributed by atoms with Crippen molar-refractivity contribution in [3.63, 3.8) is 0 Å². The van der Waals surface area contributed by atoms with Crippen LogP contribution in [-0.4, -0.2) is 15.1 Å². The Bertz CT molecular complexity index is 792. The molecule has 3 rings (SSSR count). The highest BCUT2D eigenvalue weighted by Crippen LogP contribution is 2.19.